The Morgan fingerprint density at radius 2 is 1.90 bits per heavy atom. The third-order valence-electron chi connectivity index (χ3n) is 3.07. The van der Waals surface area contributed by atoms with Gasteiger partial charge in [0.1, 0.15) is 5.75 Å². The van der Waals surface area contributed by atoms with Crippen LogP contribution in [-0.2, 0) is 16.0 Å². The fourth-order valence-electron chi connectivity index (χ4n) is 1.84. The average molecular weight is 278 g/mol. The standard InChI is InChI=1S/C15H22N2O3/c1-3-4-14(19)10(2)17-15(20)13(16)9-11-5-7-12(18)8-6-11/h5-8,10,13,18H,3-4,9,16H2,1-2H3,(H,17,20)/t10?,13-/m0/s1. The number of phenolic OH excluding ortho intramolecular Hbond substituents is 1. The molecule has 5 heteroatoms. The molecule has 4 N–H and O–H groups in total. The second-order valence-corrected chi connectivity index (χ2v) is 4.92. The molecule has 1 unspecified atom stereocenters. The van der Waals surface area contributed by atoms with Crippen LogP contribution in [0.25, 0.3) is 0 Å². The Morgan fingerprint density at radius 1 is 1.30 bits per heavy atom. The number of rotatable bonds is 7. The predicted molar refractivity (Wildman–Crippen MR) is 77.3 cm³/mol. The van der Waals surface area contributed by atoms with Crippen molar-refractivity contribution in [2.75, 3.05) is 0 Å². The number of amides is 1. The Morgan fingerprint density at radius 3 is 2.45 bits per heavy atom. The molecule has 0 fully saturated rings. The van der Waals surface area contributed by atoms with Gasteiger partial charge in [-0.1, -0.05) is 19.1 Å². The molecule has 0 radical (unpaired) electrons. The van der Waals surface area contributed by atoms with Gasteiger partial charge in [0.15, 0.2) is 5.78 Å². The lowest BCUT2D eigenvalue weighted by Gasteiger charge is -2.16. The smallest absolute Gasteiger partial charge is 0.237 e. The zero-order chi connectivity index (χ0) is 15.1. The van der Waals surface area contributed by atoms with Gasteiger partial charge in [-0.2, -0.15) is 0 Å². The number of hydrogen-bond acceptors (Lipinski definition) is 4. The summed E-state index contributed by atoms with van der Waals surface area (Å²) in [7, 11) is 0. The molecule has 1 aromatic carbocycles. The van der Waals surface area contributed by atoms with E-state index in [1.807, 2.05) is 6.92 Å². The highest BCUT2D eigenvalue weighted by Crippen LogP contribution is 2.11. The Kier molecular flexibility index (Phi) is 6.18. The normalized spacial score (nSPS) is 13.6. The van der Waals surface area contributed by atoms with Crippen molar-refractivity contribution in [1.29, 1.82) is 0 Å². The highest BCUT2D eigenvalue weighted by molar-refractivity contribution is 5.90. The second kappa shape index (κ2) is 7.65. The van der Waals surface area contributed by atoms with Crippen LogP contribution in [0.4, 0.5) is 0 Å². The van der Waals surface area contributed by atoms with Crippen molar-refractivity contribution in [3.05, 3.63) is 29.8 Å². The molecule has 5 nitrogen and oxygen atoms in total. The van der Waals surface area contributed by atoms with Gasteiger partial charge in [0.2, 0.25) is 5.91 Å². The van der Waals surface area contributed by atoms with E-state index >= 15 is 0 Å². The maximum Gasteiger partial charge on any atom is 0.237 e. The van der Waals surface area contributed by atoms with Crippen molar-refractivity contribution in [3.63, 3.8) is 0 Å². The van der Waals surface area contributed by atoms with Crippen molar-refractivity contribution in [2.45, 2.75) is 45.2 Å². The zero-order valence-corrected chi connectivity index (χ0v) is 11.9. The van der Waals surface area contributed by atoms with Gasteiger partial charge in [-0.05, 0) is 37.5 Å². The number of ketones is 1. The van der Waals surface area contributed by atoms with E-state index in [0.29, 0.717) is 12.8 Å². The van der Waals surface area contributed by atoms with Crippen molar-refractivity contribution >= 4 is 11.7 Å². The molecule has 0 aromatic heterocycles. The molecule has 20 heavy (non-hydrogen) atoms. The fraction of sp³-hybridized carbons (Fsp3) is 0.467. The summed E-state index contributed by atoms with van der Waals surface area (Å²) in [6.45, 7) is 3.59. The molecule has 0 aliphatic rings. The summed E-state index contributed by atoms with van der Waals surface area (Å²) in [4.78, 5) is 23.5. The van der Waals surface area contributed by atoms with Crippen molar-refractivity contribution < 1.29 is 14.7 Å². The molecule has 110 valence electrons. The Hall–Kier alpha value is -1.88. The highest BCUT2D eigenvalue weighted by atomic mass is 16.3. The van der Waals surface area contributed by atoms with Crippen molar-refractivity contribution in [1.82, 2.24) is 5.32 Å². The van der Waals surface area contributed by atoms with Gasteiger partial charge in [0.25, 0.3) is 0 Å². The van der Waals surface area contributed by atoms with Crippen molar-refractivity contribution in [3.8, 4) is 5.75 Å². The van der Waals surface area contributed by atoms with Crippen LogP contribution in [0.1, 0.15) is 32.3 Å². The van der Waals surface area contributed by atoms with Crippen LogP contribution in [0.15, 0.2) is 24.3 Å². The number of hydrogen-bond donors (Lipinski definition) is 3. The summed E-state index contributed by atoms with van der Waals surface area (Å²) < 4.78 is 0. The molecule has 0 saturated heterocycles. The summed E-state index contributed by atoms with van der Waals surface area (Å²) in [5.74, 6) is -0.154. The van der Waals surface area contributed by atoms with E-state index in [1.165, 1.54) is 0 Å². The van der Waals surface area contributed by atoms with Crippen LogP contribution in [-0.4, -0.2) is 28.9 Å². The van der Waals surface area contributed by atoms with Crippen LogP contribution in [0.3, 0.4) is 0 Å². The number of nitrogens with two attached hydrogens (primary N) is 1. The van der Waals surface area contributed by atoms with E-state index in [4.69, 9.17) is 5.73 Å². The van der Waals surface area contributed by atoms with Crippen LogP contribution in [0.2, 0.25) is 0 Å². The topological polar surface area (TPSA) is 92.4 Å². The number of phenols is 1. The lowest BCUT2D eigenvalue weighted by atomic mass is 10.0. The summed E-state index contributed by atoms with van der Waals surface area (Å²) in [6.07, 6.45) is 1.58. The third-order valence-corrected chi connectivity index (χ3v) is 3.07. The lowest BCUT2D eigenvalue weighted by molar-refractivity contribution is -0.128. The Balaban J connectivity index is 2.50. The summed E-state index contributed by atoms with van der Waals surface area (Å²) in [5, 5.41) is 11.8. The maximum absolute atomic E-state index is 11.9. The van der Waals surface area contributed by atoms with Gasteiger partial charge in [0.05, 0.1) is 12.1 Å². The molecule has 0 aliphatic heterocycles. The monoisotopic (exact) mass is 278 g/mol. The van der Waals surface area contributed by atoms with Gasteiger partial charge in [-0.3, -0.25) is 9.59 Å². The molecule has 2 atom stereocenters. The van der Waals surface area contributed by atoms with Gasteiger partial charge in [0, 0.05) is 6.42 Å². The summed E-state index contributed by atoms with van der Waals surface area (Å²) in [6, 6.07) is 5.31. The van der Waals surface area contributed by atoms with Crippen LogP contribution < -0.4 is 11.1 Å². The second-order valence-electron chi connectivity index (χ2n) is 4.92. The molecule has 0 saturated carbocycles. The number of aromatic hydroxyl groups is 1. The van der Waals surface area contributed by atoms with Gasteiger partial charge in [-0.15, -0.1) is 0 Å². The molecule has 0 bridgehead atoms. The summed E-state index contributed by atoms with van der Waals surface area (Å²) >= 11 is 0. The van der Waals surface area contributed by atoms with E-state index in [1.54, 1.807) is 31.2 Å². The molecular formula is C15H22N2O3. The molecule has 0 aliphatic carbocycles. The van der Waals surface area contributed by atoms with Gasteiger partial charge >= 0.3 is 0 Å². The molecule has 1 amide bonds. The molecular weight excluding hydrogens is 256 g/mol. The average Bonchev–Trinajstić information content (AvgIpc) is 2.41. The maximum atomic E-state index is 11.9. The summed E-state index contributed by atoms with van der Waals surface area (Å²) in [5.41, 5.74) is 6.68. The quantitative estimate of drug-likeness (QED) is 0.697. The number of Topliss-reactive ketones (excluding diaryl/α,β-unsaturated/α-hetero) is 1. The number of carbonyl (C=O) groups excluding carboxylic acids is 2. The van der Waals surface area contributed by atoms with E-state index in [-0.39, 0.29) is 17.4 Å². The largest absolute Gasteiger partial charge is 0.508 e. The Labute approximate surface area is 119 Å². The zero-order valence-electron chi connectivity index (χ0n) is 11.9. The first-order valence-electron chi connectivity index (χ1n) is 6.80. The van der Waals surface area contributed by atoms with Crippen LogP contribution in [0.5, 0.6) is 5.75 Å². The first-order chi connectivity index (χ1) is 9.43. The van der Waals surface area contributed by atoms with E-state index in [9.17, 15) is 14.7 Å². The van der Waals surface area contributed by atoms with Gasteiger partial charge < -0.3 is 16.2 Å². The lowest BCUT2D eigenvalue weighted by Crippen LogP contribution is -2.48. The van der Waals surface area contributed by atoms with E-state index in [0.717, 1.165) is 12.0 Å². The van der Waals surface area contributed by atoms with Gasteiger partial charge in [-0.25, -0.2) is 0 Å². The first kappa shape index (κ1) is 16.2. The third kappa shape index (κ3) is 5.01. The number of benzene rings is 1. The minimum absolute atomic E-state index is 0.0117. The van der Waals surface area contributed by atoms with Crippen LogP contribution >= 0.6 is 0 Å². The number of nitrogens with one attached hydrogen (secondary N) is 1. The molecule has 0 spiro atoms. The van der Waals surface area contributed by atoms with E-state index in [2.05, 4.69) is 5.32 Å². The Bertz CT molecular complexity index is 457. The predicted octanol–water partition coefficient (Wildman–Crippen LogP) is 1.14. The minimum atomic E-state index is -0.712. The minimum Gasteiger partial charge on any atom is -0.508 e. The molecule has 1 rings (SSSR count). The molecule has 1 aromatic rings. The van der Waals surface area contributed by atoms with Crippen molar-refractivity contribution in [2.24, 2.45) is 5.73 Å². The highest BCUT2D eigenvalue weighted by Gasteiger charge is 2.19. The first-order valence-corrected chi connectivity index (χ1v) is 6.80. The number of carbonyl (C=O) groups is 2. The van der Waals surface area contributed by atoms with Crippen LogP contribution in [0, 0.1) is 0 Å². The fourth-order valence-corrected chi connectivity index (χ4v) is 1.84. The molecule has 0 heterocycles. The van der Waals surface area contributed by atoms with E-state index < -0.39 is 12.1 Å². The SMILES string of the molecule is CCCC(=O)C(C)NC(=O)[C@@H](N)Cc1ccc(O)cc1.